The van der Waals surface area contributed by atoms with Crippen molar-refractivity contribution in [1.29, 1.82) is 0 Å². The van der Waals surface area contributed by atoms with Crippen molar-refractivity contribution < 1.29 is 8.78 Å². The van der Waals surface area contributed by atoms with E-state index in [0.29, 0.717) is 12.2 Å². The highest BCUT2D eigenvalue weighted by Gasteiger charge is 2.27. The number of nitrogens with one attached hydrogen (secondary N) is 3. The number of alkyl halides is 2. The first-order chi connectivity index (χ1) is 15.1. The Morgan fingerprint density at radius 3 is 2.77 bits per heavy atom. The highest BCUT2D eigenvalue weighted by molar-refractivity contribution is 6.12. The SMILES string of the molecule is C\C=C/N=C1/C=C(CNC2=CNCC(C(F)F)=C2N2CCNCC2)C=C/C1=C\CCC. The zero-order chi connectivity index (χ0) is 22.1. The summed E-state index contributed by atoms with van der Waals surface area (Å²) in [7, 11) is 0. The predicted octanol–water partition coefficient (Wildman–Crippen LogP) is 3.64. The quantitative estimate of drug-likeness (QED) is 0.551. The number of aliphatic imine (C=N–C) groups is 1. The lowest BCUT2D eigenvalue weighted by atomic mass is 9.98. The summed E-state index contributed by atoms with van der Waals surface area (Å²) < 4.78 is 27.5. The van der Waals surface area contributed by atoms with Crippen LogP contribution in [-0.2, 0) is 0 Å². The molecule has 0 unspecified atom stereocenters. The zero-order valence-corrected chi connectivity index (χ0v) is 18.4. The van der Waals surface area contributed by atoms with Gasteiger partial charge in [0.25, 0.3) is 6.43 Å². The van der Waals surface area contributed by atoms with Crippen LogP contribution in [0.1, 0.15) is 26.7 Å². The number of dihydropyridines is 1. The highest BCUT2D eigenvalue weighted by atomic mass is 19.3. The van der Waals surface area contributed by atoms with Crippen molar-refractivity contribution in [3.8, 4) is 0 Å². The van der Waals surface area contributed by atoms with E-state index in [1.807, 2.05) is 19.2 Å². The maximum absolute atomic E-state index is 13.8. The lowest BCUT2D eigenvalue weighted by Crippen LogP contribution is -2.46. The molecular weight excluding hydrogens is 396 g/mol. The summed E-state index contributed by atoms with van der Waals surface area (Å²) in [5.74, 6) is 0. The lowest BCUT2D eigenvalue weighted by Gasteiger charge is -2.36. The van der Waals surface area contributed by atoms with Crippen molar-refractivity contribution in [3.63, 3.8) is 0 Å². The number of hydrogen-bond acceptors (Lipinski definition) is 5. The number of nitrogens with zero attached hydrogens (tertiary/aromatic N) is 2. The lowest BCUT2D eigenvalue weighted by molar-refractivity contribution is 0.177. The van der Waals surface area contributed by atoms with Crippen LogP contribution >= 0.6 is 0 Å². The third kappa shape index (κ3) is 6.17. The van der Waals surface area contributed by atoms with E-state index in [4.69, 9.17) is 0 Å². The average Bonchev–Trinajstić information content (AvgIpc) is 2.80. The minimum Gasteiger partial charge on any atom is -0.385 e. The number of unbranched alkanes of at least 4 members (excludes halogenated alkanes) is 1. The van der Waals surface area contributed by atoms with Gasteiger partial charge in [-0.15, -0.1) is 0 Å². The Morgan fingerprint density at radius 1 is 1.26 bits per heavy atom. The molecular formula is C24H33F2N5. The van der Waals surface area contributed by atoms with Gasteiger partial charge in [-0.3, -0.25) is 4.99 Å². The van der Waals surface area contributed by atoms with Gasteiger partial charge in [0.05, 0.1) is 17.1 Å². The predicted molar refractivity (Wildman–Crippen MR) is 124 cm³/mol. The number of halogens is 2. The van der Waals surface area contributed by atoms with Gasteiger partial charge in [-0.2, -0.15) is 0 Å². The van der Waals surface area contributed by atoms with Crippen molar-refractivity contribution in [1.82, 2.24) is 20.9 Å². The molecule has 3 N–H and O–H groups in total. The molecule has 1 fully saturated rings. The third-order valence-corrected chi connectivity index (χ3v) is 5.39. The summed E-state index contributed by atoms with van der Waals surface area (Å²) in [6.07, 6.45) is 13.5. The van der Waals surface area contributed by atoms with E-state index in [9.17, 15) is 8.78 Å². The standard InChI is InChI=1S/C24H33F2N5/c1-3-5-6-19-8-7-18(14-21(19)29-9-4-2)15-30-22-17-28-16-20(24(25)26)23(22)31-12-10-27-11-13-31/h4,6-9,14,17,24,27-28,30H,3,5,10-13,15-16H2,1-2H3/b9-4-,19-6+,29-21-. The molecule has 3 rings (SSSR count). The molecule has 0 saturated carbocycles. The summed E-state index contributed by atoms with van der Waals surface area (Å²) in [5, 5.41) is 9.68. The van der Waals surface area contributed by atoms with Crippen molar-refractivity contribution in [2.24, 2.45) is 4.99 Å². The van der Waals surface area contributed by atoms with Crippen molar-refractivity contribution in [2.45, 2.75) is 33.1 Å². The number of rotatable bonds is 8. The molecule has 0 aromatic carbocycles. The Labute approximate surface area is 184 Å². The molecule has 1 saturated heterocycles. The molecule has 0 aromatic rings. The number of piperazine rings is 1. The number of hydrogen-bond donors (Lipinski definition) is 3. The van der Waals surface area contributed by atoms with Gasteiger partial charge in [0, 0.05) is 57.2 Å². The second-order valence-corrected chi connectivity index (χ2v) is 7.70. The maximum atomic E-state index is 13.8. The topological polar surface area (TPSA) is 51.7 Å². The Hall–Kier alpha value is -2.67. The molecule has 0 spiro atoms. The fourth-order valence-electron chi connectivity index (χ4n) is 3.80. The largest absolute Gasteiger partial charge is 0.385 e. The van der Waals surface area contributed by atoms with E-state index in [0.717, 1.165) is 61.6 Å². The summed E-state index contributed by atoms with van der Waals surface area (Å²) in [6.45, 7) is 7.84. The normalized spacial score (nSPS) is 22.4. The summed E-state index contributed by atoms with van der Waals surface area (Å²) in [5.41, 5.74) is 4.61. The van der Waals surface area contributed by atoms with Crippen molar-refractivity contribution >= 4 is 5.71 Å². The first-order valence-electron chi connectivity index (χ1n) is 11.1. The van der Waals surface area contributed by atoms with Gasteiger partial charge >= 0.3 is 0 Å². The Morgan fingerprint density at radius 2 is 2.06 bits per heavy atom. The van der Waals surface area contributed by atoms with Crippen LogP contribution in [0.15, 0.2) is 75.9 Å². The van der Waals surface area contributed by atoms with Crippen LogP contribution in [0, 0.1) is 0 Å². The van der Waals surface area contributed by atoms with E-state index >= 15 is 0 Å². The molecule has 5 nitrogen and oxygen atoms in total. The zero-order valence-electron chi connectivity index (χ0n) is 18.4. The van der Waals surface area contributed by atoms with E-state index in [1.165, 1.54) is 0 Å². The highest BCUT2D eigenvalue weighted by Crippen LogP contribution is 2.26. The van der Waals surface area contributed by atoms with Gasteiger partial charge in [0.15, 0.2) is 0 Å². The molecule has 7 heteroatoms. The Kier molecular flexibility index (Phi) is 8.64. The Bertz CT molecular complexity index is 840. The molecule has 0 bridgehead atoms. The second-order valence-electron chi connectivity index (χ2n) is 7.70. The van der Waals surface area contributed by atoms with Gasteiger partial charge in [-0.25, -0.2) is 8.78 Å². The first-order valence-corrected chi connectivity index (χ1v) is 11.1. The van der Waals surface area contributed by atoms with Crippen LogP contribution in [0.3, 0.4) is 0 Å². The fourth-order valence-corrected chi connectivity index (χ4v) is 3.80. The molecule has 168 valence electrons. The molecule has 2 heterocycles. The van der Waals surface area contributed by atoms with Crippen LogP contribution in [-0.4, -0.2) is 56.3 Å². The third-order valence-electron chi connectivity index (χ3n) is 5.39. The van der Waals surface area contributed by atoms with E-state index in [1.54, 1.807) is 6.20 Å². The molecule has 1 aliphatic carbocycles. The molecule has 0 atom stereocenters. The summed E-state index contributed by atoms with van der Waals surface area (Å²) >= 11 is 0. The van der Waals surface area contributed by atoms with Gasteiger partial charge < -0.3 is 20.9 Å². The minimum atomic E-state index is -2.48. The second kappa shape index (κ2) is 11.6. The molecule has 31 heavy (non-hydrogen) atoms. The van der Waals surface area contributed by atoms with Crippen molar-refractivity contribution in [3.05, 3.63) is 70.9 Å². The molecule has 0 amide bonds. The molecule has 0 aromatic heterocycles. The van der Waals surface area contributed by atoms with Gasteiger partial charge in [-0.1, -0.05) is 37.6 Å². The maximum Gasteiger partial charge on any atom is 0.263 e. The van der Waals surface area contributed by atoms with Crippen LogP contribution < -0.4 is 16.0 Å². The Balaban J connectivity index is 1.77. The van der Waals surface area contributed by atoms with E-state index < -0.39 is 6.43 Å². The van der Waals surface area contributed by atoms with Gasteiger partial charge in [-0.05, 0) is 30.6 Å². The fraction of sp³-hybridized carbons (Fsp3) is 0.458. The summed E-state index contributed by atoms with van der Waals surface area (Å²) in [6, 6.07) is 0. The monoisotopic (exact) mass is 429 g/mol. The van der Waals surface area contributed by atoms with E-state index in [2.05, 4.69) is 57.1 Å². The summed E-state index contributed by atoms with van der Waals surface area (Å²) in [4.78, 5) is 6.63. The van der Waals surface area contributed by atoms with Gasteiger partial charge in [0.1, 0.15) is 0 Å². The van der Waals surface area contributed by atoms with Crippen LogP contribution in [0.2, 0.25) is 0 Å². The smallest absolute Gasteiger partial charge is 0.263 e. The van der Waals surface area contributed by atoms with Crippen molar-refractivity contribution in [2.75, 3.05) is 39.3 Å². The van der Waals surface area contributed by atoms with Crippen LogP contribution in [0.5, 0.6) is 0 Å². The van der Waals surface area contributed by atoms with Crippen LogP contribution in [0.4, 0.5) is 8.78 Å². The van der Waals surface area contributed by atoms with E-state index in [-0.39, 0.29) is 12.1 Å². The molecule has 3 aliphatic rings. The average molecular weight is 430 g/mol. The number of allylic oxidation sites excluding steroid dienone is 5. The van der Waals surface area contributed by atoms with Crippen LogP contribution in [0.25, 0.3) is 0 Å². The molecule has 2 aliphatic heterocycles. The minimum absolute atomic E-state index is 0.153. The van der Waals surface area contributed by atoms with Gasteiger partial charge in [0.2, 0.25) is 0 Å². The first kappa shape index (κ1) is 23.0. The molecule has 0 radical (unpaired) electrons.